The van der Waals surface area contributed by atoms with Gasteiger partial charge in [-0.1, -0.05) is 22.0 Å². The highest BCUT2D eigenvalue weighted by Gasteiger charge is 2.23. The number of ether oxygens (including phenoxy) is 3. The fourth-order valence-corrected chi connectivity index (χ4v) is 2.46. The van der Waals surface area contributed by atoms with Crippen LogP contribution in [0.15, 0.2) is 18.2 Å². The molecule has 20 heavy (non-hydrogen) atoms. The van der Waals surface area contributed by atoms with E-state index in [1.165, 1.54) is 0 Å². The van der Waals surface area contributed by atoms with Gasteiger partial charge in [0.15, 0.2) is 11.5 Å². The summed E-state index contributed by atoms with van der Waals surface area (Å²) in [4.78, 5) is 14.4. The minimum Gasteiger partial charge on any atom is -0.486 e. The van der Waals surface area contributed by atoms with E-state index in [0.717, 1.165) is 5.33 Å². The SMILES string of the molecule is COCCN(CCBr)C(=O)c1cccc2c1OCCO2. The van der Waals surface area contributed by atoms with Crippen LogP contribution in [0.5, 0.6) is 11.5 Å². The highest BCUT2D eigenvalue weighted by Crippen LogP contribution is 2.34. The molecule has 0 aliphatic carbocycles. The Hall–Kier alpha value is -1.27. The maximum absolute atomic E-state index is 12.6. The van der Waals surface area contributed by atoms with Crippen LogP contribution >= 0.6 is 15.9 Å². The van der Waals surface area contributed by atoms with Crippen LogP contribution in [0.25, 0.3) is 0 Å². The second kappa shape index (κ2) is 7.50. The van der Waals surface area contributed by atoms with E-state index < -0.39 is 0 Å². The maximum Gasteiger partial charge on any atom is 0.257 e. The number of hydrogen-bond acceptors (Lipinski definition) is 4. The van der Waals surface area contributed by atoms with E-state index >= 15 is 0 Å². The predicted molar refractivity (Wildman–Crippen MR) is 79.0 cm³/mol. The number of halogens is 1. The van der Waals surface area contributed by atoms with Gasteiger partial charge in [-0.2, -0.15) is 0 Å². The molecule has 0 atom stereocenters. The number of carbonyl (C=O) groups excluding carboxylic acids is 1. The first kappa shape index (κ1) is 15.1. The third kappa shape index (κ3) is 3.43. The molecule has 110 valence electrons. The van der Waals surface area contributed by atoms with Crippen LogP contribution in [0.4, 0.5) is 0 Å². The van der Waals surface area contributed by atoms with E-state index in [0.29, 0.717) is 50.0 Å². The third-order valence-electron chi connectivity index (χ3n) is 3.00. The Morgan fingerprint density at radius 2 is 2.15 bits per heavy atom. The molecule has 1 aromatic rings. The van der Waals surface area contributed by atoms with E-state index in [2.05, 4.69) is 15.9 Å². The molecular formula is C14H18BrNO4. The van der Waals surface area contributed by atoms with E-state index in [1.54, 1.807) is 18.1 Å². The predicted octanol–water partition coefficient (Wildman–Crippen LogP) is 1.94. The number of nitrogens with zero attached hydrogens (tertiary/aromatic N) is 1. The van der Waals surface area contributed by atoms with Crippen molar-refractivity contribution < 1.29 is 19.0 Å². The van der Waals surface area contributed by atoms with Crippen LogP contribution in [0, 0.1) is 0 Å². The molecule has 0 N–H and O–H groups in total. The molecule has 0 bridgehead atoms. The zero-order valence-corrected chi connectivity index (χ0v) is 13.0. The monoisotopic (exact) mass is 343 g/mol. The van der Waals surface area contributed by atoms with Crippen molar-refractivity contribution in [2.75, 3.05) is 45.4 Å². The van der Waals surface area contributed by atoms with Crippen LogP contribution in [-0.4, -0.2) is 56.2 Å². The first-order valence-electron chi connectivity index (χ1n) is 6.50. The van der Waals surface area contributed by atoms with Crippen LogP contribution in [0.1, 0.15) is 10.4 Å². The Kier molecular flexibility index (Phi) is 5.67. The smallest absolute Gasteiger partial charge is 0.257 e. The summed E-state index contributed by atoms with van der Waals surface area (Å²) in [7, 11) is 1.62. The molecule has 1 aromatic carbocycles. The van der Waals surface area contributed by atoms with Crippen LogP contribution in [-0.2, 0) is 4.74 Å². The van der Waals surface area contributed by atoms with Gasteiger partial charge in [-0.15, -0.1) is 0 Å². The fraction of sp³-hybridized carbons (Fsp3) is 0.500. The van der Waals surface area contributed by atoms with Gasteiger partial charge >= 0.3 is 0 Å². The number of rotatable bonds is 6. The van der Waals surface area contributed by atoms with Crippen molar-refractivity contribution in [2.45, 2.75) is 0 Å². The summed E-state index contributed by atoms with van der Waals surface area (Å²) in [6.07, 6.45) is 0. The van der Waals surface area contributed by atoms with Crippen molar-refractivity contribution in [1.29, 1.82) is 0 Å². The third-order valence-corrected chi connectivity index (χ3v) is 3.36. The molecule has 6 heteroatoms. The summed E-state index contributed by atoms with van der Waals surface area (Å²) in [5.41, 5.74) is 0.541. The summed E-state index contributed by atoms with van der Waals surface area (Å²) >= 11 is 3.37. The van der Waals surface area contributed by atoms with Gasteiger partial charge < -0.3 is 19.1 Å². The number of para-hydroxylation sites is 1. The summed E-state index contributed by atoms with van der Waals surface area (Å²) in [5.74, 6) is 1.11. The van der Waals surface area contributed by atoms with Gasteiger partial charge in [0.1, 0.15) is 13.2 Å². The van der Waals surface area contributed by atoms with Crippen LogP contribution in [0.3, 0.4) is 0 Å². The molecule has 1 heterocycles. The zero-order chi connectivity index (χ0) is 14.4. The van der Waals surface area contributed by atoms with Gasteiger partial charge in [-0.3, -0.25) is 4.79 Å². The number of benzene rings is 1. The lowest BCUT2D eigenvalue weighted by molar-refractivity contribution is 0.0699. The number of hydrogen-bond donors (Lipinski definition) is 0. The number of fused-ring (bicyclic) bond motifs is 1. The second-order valence-corrected chi connectivity index (χ2v) is 5.10. The molecule has 1 amide bonds. The quantitative estimate of drug-likeness (QED) is 0.740. The Morgan fingerprint density at radius 3 is 2.90 bits per heavy atom. The van der Waals surface area contributed by atoms with Gasteiger partial charge in [-0.05, 0) is 12.1 Å². The average molecular weight is 344 g/mol. The molecule has 0 saturated heterocycles. The highest BCUT2D eigenvalue weighted by atomic mass is 79.9. The highest BCUT2D eigenvalue weighted by molar-refractivity contribution is 9.09. The Morgan fingerprint density at radius 1 is 1.35 bits per heavy atom. The minimum absolute atomic E-state index is 0.0659. The van der Waals surface area contributed by atoms with Crippen LogP contribution < -0.4 is 9.47 Å². The number of amides is 1. The van der Waals surface area contributed by atoms with Crippen molar-refractivity contribution in [2.24, 2.45) is 0 Å². The molecular weight excluding hydrogens is 326 g/mol. The molecule has 0 radical (unpaired) electrons. The maximum atomic E-state index is 12.6. The topological polar surface area (TPSA) is 48.0 Å². The molecule has 5 nitrogen and oxygen atoms in total. The molecule has 2 rings (SSSR count). The van der Waals surface area contributed by atoms with Crippen molar-refractivity contribution in [3.05, 3.63) is 23.8 Å². The van der Waals surface area contributed by atoms with E-state index in [1.807, 2.05) is 12.1 Å². The summed E-state index contributed by atoms with van der Waals surface area (Å²) in [5, 5.41) is 0.717. The number of methoxy groups -OCH3 is 1. The average Bonchev–Trinajstić information content (AvgIpc) is 2.50. The standard InChI is InChI=1S/C14H18BrNO4/c1-18-8-7-16(6-5-15)14(17)11-3-2-4-12-13(11)20-10-9-19-12/h2-4H,5-10H2,1H3. The summed E-state index contributed by atoms with van der Waals surface area (Å²) in [6.45, 7) is 2.65. The fourth-order valence-electron chi connectivity index (χ4n) is 2.03. The van der Waals surface area contributed by atoms with Gasteiger partial charge in [0.25, 0.3) is 5.91 Å². The van der Waals surface area contributed by atoms with E-state index in [4.69, 9.17) is 14.2 Å². The lowest BCUT2D eigenvalue weighted by Gasteiger charge is -2.25. The van der Waals surface area contributed by atoms with E-state index in [-0.39, 0.29) is 5.91 Å². The first-order valence-corrected chi connectivity index (χ1v) is 7.63. The Bertz CT molecular complexity index is 466. The molecule has 1 aliphatic rings. The normalized spacial score (nSPS) is 13.1. The van der Waals surface area contributed by atoms with Gasteiger partial charge in [0.2, 0.25) is 0 Å². The lowest BCUT2D eigenvalue weighted by Crippen LogP contribution is -2.36. The van der Waals surface area contributed by atoms with Crippen molar-refractivity contribution >= 4 is 21.8 Å². The molecule has 0 spiro atoms. The minimum atomic E-state index is -0.0659. The number of carbonyl (C=O) groups is 1. The molecule has 0 unspecified atom stereocenters. The lowest BCUT2D eigenvalue weighted by atomic mass is 10.1. The first-order chi connectivity index (χ1) is 9.77. The van der Waals surface area contributed by atoms with Gasteiger partial charge in [-0.25, -0.2) is 0 Å². The van der Waals surface area contributed by atoms with Crippen molar-refractivity contribution in [1.82, 2.24) is 4.90 Å². The van der Waals surface area contributed by atoms with Gasteiger partial charge in [0.05, 0.1) is 12.2 Å². The number of alkyl halides is 1. The van der Waals surface area contributed by atoms with E-state index in [9.17, 15) is 4.79 Å². The molecule has 0 aromatic heterocycles. The Balaban J connectivity index is 2.22. The van der Waals surface area contributed by atoms with Crippen LogP contribution in [0.2, 0.25) is 0 Å². The Labute approximate surface area is 126 Å². The molecule has 1 aliphatic heterocycles. The largest absolute Gasteiger partial charge is 0.486 e. The second-order valence-electron chi connectivity index (χ2n) is 4.30. The molecule has 0 fully saturated rings. The van der Waals surface area contributed by atoms with Gasteiger partial charge in [0, 0.05) is 25.5 Å². The summed E-state index contributed by atoms with van der Waals surface area (Å²) < 4.78 is 16.2. The van der Waals surface area contributed by atoms with Crippen molar-refractivity contribution in [3.8, 4) is 11.5 Å². The summed E-state index contributed by atoms with van der Waals surface area (Å²) in [6, 6.07) is 5.39. The van der Waals surface area contributed by atoms with Crippen molar-refractivity contribution in [3.63, 3.8) is 0 Å². The zero-order valence-electron chi connectivity index (χ0n) is 11.4. The molecule has 0 saturated carbocycles.